The molecule has 3 heteroatoms. The van der Waals surface area contributed by atoms with E-state index in [9.17, 15) is 0 Å². The van der Waals surface area contributed by atoms with Crippen molar-refractivity contribution in [2.45, 2.75) is 10.6 Å². The molecule has 19 heavy (non-hydrogen) atoms. The SMILES string of the molecule is Nc1ccc(SCc2cccc3ccccc23)cn1. The van der Waals surface area contributed by atoms with Gasteiger partial charge in [-0.15, -0.1) is 11.8 Å². The van der Waals surface area contributed by atoms with Crippen molar-refractivity contribution in [2.75, 3.05) is 5.73 Å². The van der Waals surface area contributed by atoms with E-state index in [1.54, 1.807) is 11.8 Å². The molecule has 2 nitrogen and oxygen atoms in total. The van der Waals surface area contributed by atoms with Crippen LogP contribution in [-0.4, -0.2) is 4.98 Å². The van der Waals surface area contributed by atoms with E-state index in [-0.39, 0.29) is 0 Å². The highest BCUT2D eigenvalue weighted by Crippen LogP contribution is 2.27. The number of nitrogens with zero attached hydrogens (tertiary/aromatic N) is 1. The van der Waals surface area contributed by atoms with Crippen LogP contribution in [0.15, 0.2) is 65.7 Å². The van der Waals surface area contributed by atoms with Crippen molar-refractivity contribution in [1.82, 2.24) is 4.98 Å². The van der Waals surface area contributed by atoms with E-state index in [0.29, 0.717) is 5.82 Å². The Bertz CT molecular complexity index is 687. The molecule has 2 N–H and O–H groups in total. The Kier molecular flexibility index (Phi) is 3.38. The van der Waals surface area contributed by atoms with Crippen LogP contribution in [0.2, 0.25) is 0 Å². The minimum absolute atomic E-state index is 0.564. The van der Waals surface area contributed by atoms with Gasteiger partial charge in [0.1, 0.15) is 5.82 Å². The topological polar surface area (TPSA) is 38.9 Å². The van der Waals surface area contributed by atoms with Crippen LogP contribution in [0.5, 0.6) is 0 Å². The fraction of sp³-hybridized carbons (Fsp3) is 0.0625. The van der Waals surface area contributed by atoms with Gasteiger partial charge < -0.3 is 5.73 Å². The highest BCUT2D eigenvalue weighted by atomic mass is 32.2. The molecule has 3 rings (SSSR count). The molecule has 0 aliphatic rings. The quantitative estimate of drug-likeness (QED) is 0.725. The molecule has 0 saturated carbocycles. The Hall–Kier alpha value is -2.00. The van der Waals surface area contributed by atoms with E-state index in [2.05, 4.69) is 47.4 Å². The second-order valence-corrected chi connectivity index (χ2v) is 5.39. The Balaban J connectivity index is 1.84. The highest BCUT2D eigenvalue weighted by molar-refractivity contribution is 7.98. The van der Waals surface area contributed by atoms with Gasteiger partial charge in [0.15, 0.2) is 0 Å². The van der Waals surface area contributed by atoms with E-state index < -0.39 is 0 Å². The van der Waals surface area contributed by atoms with E-state index >= 15 is 0 Å². The zero-order chi connectivity index (χ0) is 13.1. The van der Waals surface area contributed by atoms with E-state index in [0.717, 1.165) is 10.6 Å². The molecule has 0 bridgehead atoms. The lowest BCUT2D eigenvalue weighted by Gasteiger charge is -2.06. The van der Waals surface area contributed by atoms with Gasteiger partial charge in [-0.1, -0.05) is 42.5 Å². The van der Waals surface area contributed by atoms with Gasteiger partial charge in [-0.2, -0.15) is 0 Å². The third-order valence-electron chi connectivity index (χ3n) is 3.03. The smallest absolute Gasteiger partial charge is 0.123 e. The molecule has 0 aliphatic heterocycles. The van der Waals surface area contributed by atoms with Crippen molar-refractivity contribution >= 4 is 28.4 Å². The van der Waals surface area contributed by atoms with Crippen LogP contribution < -0.4 is 5.73 Å². The number of thioether (sulfide) groups is 1. The number of nitrogens with two attached hydrogens (primary N) is 1. The second-order valence-electron chi connectivity index (χ2n) is 4.35. The molecule has 1 heterocycles. The molecule has 1 aromatic heterocycles. The van der Waals surface area contributed by atoms with Crippen LogP contribution in [0.4, 0.5) is 5.82 Å². The predicted octanol–water partition coefficient (Wildman–Crippen LogP) is 4.11. The molecular weight excluding hydrogens is 252 g/mol. The Morgan fingerprint density at radius 1 is 0.947 bits per heavy atom. The molecule has 0 unspecified atom stereocenters. The fourth-order valence-corrected chi connectivity index (χ4v) is 2.92. The number of aromatic nitrogens is 1. The molecule has 3 aromatic rings. The summed E-state index contributed by atoms with van der Waals surface area (Å²) in [6.45, 7) is 0. The van der Waals surface area contributed by atoms with Gasteiger partial charge in [0.25, 0.3) is 0 Å². The zero-order valence-corrected chi connectivity index (χ0v) is 11.2. The average Bonchev–Trinajstić information content (AvgIpc) is 2.47. The minimum atomic E-state index is 0.564. The maximum Gasteiger partial charge on any atom is 0.123 e. The summed E-state index contributed by atoms with van der Waals surface area (Å²) >= 11 is 1.78. The van der Waals surface area contributed by atoms with Crippen LogP contribution in [0.3, 0.4) is 0 Å². The number of anilines is 1. The molecule has 0 radical (unpaired) electrons. The van der Waals surface area contributed by atoms with Crippen LogP contribution in [0.25, 0.3) is 10.8 Å². The molecular formula is C16H14N2S. The average molecular weight is 266 g/mol. The van der Waals surface area contributed by atoms with Crippen LogP contribution in [0, 0.1) is 0 Å². The number of hydrogen-bond donors (Lipinski definition) is 1. The number of pyridine rings is 1. The van der Waals surface area contributed by atoms with Crippen LogP contribution in [-0.2, 0) is 5.75 Å². The lowest BCUT2D eigenvalue weighted by atomic mass is 10.1. The van der Waals surface area contributed by atoms with Gasteiger partial charge in [-0.05, 0) is 28.5 Å². The number of benzene rings is 2. The van der Waals surface area contributed by atoms with Gasteiger partial charge in [0.2, 0.25) is 0 Å². The molecule has 0 amide bonds. The van der Waals surface area contributed by atoms with Gasteiger partial charge in [0, 0.05) is 16.8 Å². The van der Waals surface area contributed by atoms with Crippen molar-refractivity contribution < 1.29 is 0 Å². The third kappa shape index (κ3) is 2.71. The summed E-state index contributed by atoms with van der Waals surface area (Å²) in [5.41, 5.74) is 6.94. The standard InChI is InChI=1S/C16H14N2S/c17-16-9-8-14(10-18-16)19-11-13-6-3-5-12-4-1-2-7-15(12)13/h1-10H,11H2,(H2,17,18). The predicted molar refractivity (Wildman–Crippen MR) is 82.2 cm³/mol. The number of rotatable bonds is 3. The lowest BCUT2D eigenvalue weighted by Crippen LogP contribution is -1.88. The zero-order valence-electron chi connectivity index (χ0n) is 10.4. The van der Waals surface area contributed by atoms with Crippen molar-refractivity contribution in [3.63, 3.8) is 0 Å². The molecule has 0 spiro atoms. The molecule has 2 aromatic carbocycles. The van der Waals surface area contributed by atoms with E-state index in [4.69, 9.17) is 5.73 Å². The van der Waals surface area contributed by atoms with Gasteiger partial charge in [0.05, 0.1) is 0 Å². The third-order valence-corrected chi connectivity index (χ3v) is 4.06. The van der Waals surface area contributed by atoms with Gasteiger partial charge in [-0.3, -0.25) is 0 Å². The summed E-state index contributed by atoms with van der Waals surface area (Å²) in [7, 11) is 0. The van der Waals surface area contributed by atoms with E-state index in [1.165, 1.54) is 16.3 Å². The fourth-order valence-electron chi connectivity index (χ4n) is 2.06. The first-order valence-corrected chi connectivity index (χ1v) is 7.12. The molecule has 94 valence electrons. The molecule has 0 saturated heterocycles. The Morgan fingerprint density at radius 2 is 1.79 bits per heavy atom. The van der Waals surface area contributed by atoms with Crippen molar-refractivity contribution in [2.24, 2.45) is 0 Å². The summed E-state index contributed by atoms with van der Waals surface area (Å²) < 4.78 is 0. The number of fused-ring (bicyclic) bond motifs is 1. The Morgan fingerprint density at radius 3 is 2.63 bits per heavy atom. The van der Waals surface area contributed by atoms with Crippen molar-refractivity contribution in [3.05, 3.63) is 66.4 Å². The highest BCUT2D eigenvalue weighted by Gasteiger charge is 2.01. The monoisotopic (exact) mass is 266 g/mol. The molecule has 0 aliphatic carbocycles. The first-order chi connectivity index (χ1) is 9.33. The first-order valence-electron chi connectivity index (χ1n) is 6.14. The maximum absolute atomic E-state index is 5.59. The first kappa shape index (κ1) is 12.1. The summed E-state index contributed by atoms with van der Waals surface area (Å²) in [6, 6.07) is 18.8. The normalized spacial score (nSPS) is 10.7. The Labute approximate surface area is 116 Å². The lowest BCUT2D eigenvalue weighted by molar-refractivity contribution is 1.24. The van der Waals surface area contributed by atoms with Crippen molar-refractivity contribution in [3.8, 4) is 0 Å². The van der Waals surface area contributed by atoms with Crippen LogP contribution in [0.1, 0.15) is 5.56 Å². The van der Waals surface area contributed by atoms with Crippen molar-refractivity contribution in [1.29, 1.82) is 0 Å². The minimum Gasteiger partial charge on any atom is -0.384 e. The molecule has 0 fully saturated rings. The van der Waals surface area contributed by atoms with Gasteiger partial charge >= 0.3 is 0 Å². The summed E-state index contributed by atoms with van der Waals surface area (Å²) in [6.07, 6.45) is 1.82. The maximum atomic E-state index is 5.59. The summed E-state index contributed by atoms with van der Waals surface area (Å²) in [5, 5.41) is 2.61. The summed E-state index contributed by atoms with van der Waals surface area (Å²) in [5.74, 6) is 1.50. The number of nitrogen functional groups attached to an aromatic ring is 1. The largest absolute Gasteiger partial charge is 0.384 e. The van der Waals surface area contributed by atoms with Crippen LogP contribution >= 0.6 is 11.8 Å². The molecule has 0 atom stereocenters. The van der Waals surface area contributed by atoms with Gasteiger partial charge in [-0.25, -0.2) is 4.98 Å². The second kappa shape index (κ2) is 5.33. The summed E-state index contributed by atoms with van der Waals surface area (Å²) in [4.78, 5) is 5.25. The number of hydrogen-bond acceptors (Lipinski definition) is 3. The van der Waals surface area contributed by atoms with E-state index in [1.807, 2.05) is 18.3 Å².